The molecule has 2 heterocycles. The number of aliphatic imine (C=N–C) groups is 1. The van der Waals surface area contributed by atoms with Crippen LogP contribution >= 0.6 is 12.6 Å². The van der Waals surface area contributed by atoms with Gasteiger partial charge >= 0.3 is 0 Å². The van der Waals surface area contributed by atoms with Gasteiger partial charge in [0.2, 0.25) is 0 Å². The third-order valence-electron chi connectivity index (χ3n) is 3.49. The van der Waals surface area contributed by atoms with E-state index < -0.39 is 0 Å². The van der Waals surface area contributed by atoms with Gasteiger partial charge in [-0.25, -0.2) is 4.99 Å². The lowest BCUT2D eigenvalue weighted by Gasteiger charge is -2.17. The number of rotatable bonds is 4. The number of nitrogens with zero attached hydrogens (tertiary/aromatic N) is 2. The van der Waals surface area contributed by atoms with E-state index in [9.17, 15) is 0 Å². The molecule has 98 valence electrons. The summed E-state index contributed by atoms with van der Waals surface area (Å²) in [7, 11) is 0. The molecule has 2 nitrogen and oxygen atoms in total. The van der Waals surface area contributed by atoms with Gasteiger partial charge in [-0.1, -0.05) is 27.2 Å². The minimum absolute atomic E-state index is 0.508. The summed E-state index contributed by atoms with van der Waals surface area (Å²) in [6.07, 6.45) is 4.39. The van der Waals surface area contributed by atoms with E-state index in [1.807, 2.05) is 0 Å². The molecule has 18 heavy (non-hydrogen) atoms. The highest BCUT2D eigenvalue weighted by Gasteiger charge is 2.23. The van der Waals surface area contributed by atoms with E-state index in [0.717, 1.165) is 29.3 Å². The van der Waals surface area contributed by atoms with Crippen molar-refractivity contribution >= 4 is 23.4 Å². The summed E-state index contributed by atoms with van der Waals surface area (Å²) in [6, 6.07) is 0. The third kappa shape index (κ3) is 2.46. The molecule has 0 saturated heterocycles. The van der Waals surface area contributed by atoms with Crippen molar-refractivity contribution in [3.63, 3.8) is 0 Å². The van der Waals surface area contributed by atoms with Crippen LogP contribution in [0.5, 0.6) is 0 Å². The number of hydrogen-bond acceptors (Lipinski definition) is 2. The van der Waals surface area contributed by atoms with Crippen LogP contribution in [0, 0.1) is 6.92 Å². The molecule has 2 rings (SSSR count). The average molecular weight is 262 g/mol. The van der Waals surface area contributed by atoms with Gasteiger partial charge in [0.1, 0.15) is 0 Å². The minimum Gasteiger partial charge on any atom is -0.256 e. The fraction of sp³-hybridized carbons (Fsp3) is 0.600. The number of fused-ring (bicyclic) bond motifs is 1. The Morgan fingerprint density at radius 2 is 2.06 bits per heavy atom. The van der Waals surface area contributed by atoms with Gasteiger partial charge in [-0.05, 0) is 36.8 Å². The Labute approximate surface area is 115 Å². The first-order chi connectivity index (χ1) is 8.54. The zero-order chi connectivity index (χ0) is 13.3. The van der Waals surface area contributed by atoms with Crippen molar-refractivity contribution < 1.29 is 0 Å². The smallest absolute Gasteiger partial charge is 0.0890 e. The normalized spacial score (nSPS) is 14.0. The fourth-order valence-electron chi connectivity index (χ4n) is 2.71. The van der Waals surface area contributed by atoms with Crippen LogP contribution < -0.4 is 0 Å². The Balaban J connectivity index is 2.51. The zero-order valence-corrected chi connectivity index (χ0v) is 12.6. The van der Waals surface area contributed by atoms with Crippen molar-refractivity contribution in [2.75, 3.05) is 0 Å². The second-order valence-electron chi connectivity index (χ2n) is 5.35. The molecule has 0 aliphatic carbocycles. The number of pyridine rings is 1. The van der Waals surface area contributed by atoms with Crippen molar-refractivity contribution in [1.29, 1.82) is 0 Å². The lowest BCUT2D eigenvalue weighted by atomic mass is 9.91. The van der Waals surface area contributed by atoms with E-state index in [4.69, 9.17) is 4.98 Å². The molecule has 0 spiro atoms. The van der Waals surface area contributed by atoms with Crippen LogP contribution in [0.1, 0.15) is 62.0 Å². The molecule has 0 atom stereocenters. The minimum atomic E-state index is 0.508. The maximum atomic E-state index is 4.80. The van der Waals surface area contributed by atoms with E-state index in [2.05, 4.69) is 45.3 Å². The Morgan fingerprint density at radius 1 is 1.33 bits per heavy atom. The van der Waals surface area contributed by atoms with Gasteiger partial charge in [-0.3, -0.25) is 4.98 Å². The largest absolute Gasteiger partial charge is 0.256 e. The van der Waals surface area contributed by atoms with Crippen molar-refractivity contribution in [2.24, 2.45) is 4.99 Å². The molecule has 1 aromatic heterocycles. The van der Waals surface area contributed by atoms with Crippen LogP contribution in [0.4, 0.5) is 5.69 Å². The average Bonchev–Trinajstić information content (AvgIpc) is 2.67. The lowest BCUT2D eigenvalue weighted by Crippen LogP contribution is -2.06. The monoisotopic (exact) mass is 262 g/mol. The van der Waals surface area contributed by atoms with Crippen LogP contribution in [-0.4, -0.2) is 10.0 Å². The first-order valence-corrected chi connectivity index (χ1v) is 7.28. The molecule has 0 unspecified atom stereocenters. The number of unbranched alkanes of at least 4 members (excludes halogenated alkanes) is 1. The van der Waals surface area contributed by atoms with Crippen LogP contribution in [0.2, 0.25) is 0 Å². The maximum Gasteiger partial charge on any atom is 0.0890 e. The second kappa shape index (κ2) is 5.43. The standard InChI is InChI=1S/C15H22N2S/c1-5-6-7-12-14(9(2)3)11-8-13(18)17-15(11)10(4)16-12/h9H,5-8H2,1-4H3,(H,17,18). The summed E-state index contributed by atoms with van der Waals surface area (Å²) in [4.78, 5) is 9.33. The molecule has 3 heteroatoms. The molecular weight excluding hydrogens is 240 g/mol. The number of aryl methyl sites for hydroxylation is 2. The topological polar surface area (TPSA) is 25.2 Å². The summed E-state index contributed by atoms with van der Waals surface area (Å²) in [6.45, 7) is 8.79. The van der Waals surface area contributed by atoms with E-state index in [-0.39, 0.29) is 0 Å². The fourth-order valence-corrected chi connectivity index (χ4v) is 2.96. The quantitative estimate of drug-likeness (QED) is 0.801. The van der Waals surface area contributed by atoms with Crippen molar-refractivity contribution in [2.45, 2.75) is 59.3 Å². The van der Waals surface area contributed by atoms with E-state index in [0.29, 0.717) is 5.92 Å². The lowest BCUT2D eigenvalue weighted by molar-refractivity contribution is 0.737. The predicted molar refractivity (Wildman–Crippen MR) is 81.5 cm³/mol. The molecule has 0 amide bonds. The molecule has 0 aromatic carbocycles. The number of aromatic nitrogens is 1. The Hall–Kier alpha value is -0.830. The summed E-state index contributed by atoms with van der Waals surface area (Å²) in [5.74, 6) is 0.508. The SMILES string of the molecule is CCCCc1nc(C)c2c(c1C(C)C)CC(S)=N2. The Kier molecular flexibility index (Phi) is 4.10. The summed E-state index contributed by atoms with van der Waals surface area (Å²) in [5.41, 5.74) is 6.19. The summed E-state index contributed by atoms with van der Waals surface area (Å²) in [5, 5.41) is 0.921. The van der Waals surface area contributed by atoms with Gasteiger partial charge < -0.3 is 0 Å². The molecule has 0 saturated carbocycles. The molecule has 1 aliphatic rings. The van der Waals surface area contributed by atoms with Gasteiger partial charge in [-0.15, -0.1) is 12.6 Å². The van der Waals surface area contributed by atoms with Gasteiger partial charge in [0, 0.05) is 12.1 Å². The molecule has 0 fully saturated rings. The van der Waals surface area contributed by atoms with Crippen LogP contribution in [0.3, 0.4) is 0 Å². The van der Waals surface area contributed by atoms with Gasteiger partial charge in [0.05, 0.1) is 16.4 Å². The highest BCUT2D eigenvalue weighted by Crippen LogP contribution is 2.38. The molecule has 1 aromatic rings. The van der Waals surface area contributed by atoms with Crippen molar-refractivity contribution in [1.82, 2.24) is 4.98 Å². The summed E-state index contributed by atoms with van der Waals surface area (Å²) >= 11 is 4.43. The summed E-state index contributed by atoms with van der Waals surface area (Å²) < 4.78 is 0. The predicted octanol–water partition coefficient (Wildman–Crippen LogP) is 4.37. The molecule has 0 bridgehead atoms. The zero-order valence-electron chi connectivity index (χ0n) is 11.7. The molecule has 1 aliphatic heterocycles. The maximum absolute atomic E-state index is 4.80. The molecule has 0 N–H and O–H groups in total. The van der Waals surface area contributed by atoms with Gasteiger partial charge in [0.25, 0.3) is 0 Å². The van der Waals surface area contributed by atoms with Crippen LogP contribution in [0.15, 0.2) is 4.99 Å². The van der Waals surface area contributed by atoms with E-state index >= 15 is 0 Å². The first kappa shape index (κ1) is 13.6. The molecular formula is C15H22N2S. The number of thiol groups is 1. The Morgan fingerprint density at radius 3 is 2.67 bits per heavy atom. The van der Waals surface area contributed by atoms with Gasteiger partial charge in [0.15, 0.2) is 0 Å². The Bertz CT molecular complexity index is 490. The third-order valence-corrected chi connectivity index (χ3v) is 3.75. The molecule has 0 radical (unpaired) electrons. The van der Waals surface area contributed by atoms with E-state index in [1.165, 1.54) is 29.7 Å². The van der Waals surface area contributed by atoms with Crippen molar-refractivity contribution in [3.8, 4) is 0 Å². The van der Waals surface area contributed by atoms with Crippen molar-refractivity contribution in [3.05, 3.63) is 22.5 Å². The second-order valence-corrected chi connectivity index (χ2v) is 5.86. The highest BCUT2D eigenvalue weighted by molar-refractivity contribution is 7.97. The number of hydrogen-bond donors (Lipinski definition) is 1. The highest BCUT2D eigenvalue weighted by atomic mass is 32.1. The van der Waals surface area contributed by atoms with E-state index in [1.54, 1.807) is 0 Å². The van der Waals surface area contributed by atoms with Crippen LogP contribution in [-0.2, 0) is 12.8 Å². The first-order valence-electron chi connectivity index (χ1n) is 6.83. The van der Waals surface area contributed by atoms with Gasteiger partial charge in [-0.2, -0.15) is 0 Å². The van der Waals surface area contributed by atoms with Crippen LogP contribution in [0.25, 0.3) is 0 Å².